The van der Waals surface area contributed by atoms with E-state index < -0.39 is 10.9 Å². The summed E-state index contributed by atoms with van der Waals surface area (Å²) in [6, 6.07) is 0. The van der Waals surface area contributed by atoms with Gasteiger partial charge in [0.15, 0.2) is 0 Å². The Bertz CT molecular complexity index is 28.0. The predicted molar refractivity (Wildman–Crippen MR) is 50.2 cm³/mol. The molecule has 0 bridgehead atoms. The monoisotopic (exact) mass is 478 g/mol. The maximum absolute atomic E-state index is 3.34. The van der Waals surface area contributed by atoms with Crippen LogP contribution >= 0.6 is 48.9 Å². The Morgan fingerprint density at radius 2 is 0.556 bits per heavy atom. The fourth-order valence-electron chi connectivity index (χ4n) is 0. The summed E-state index contributed by atoms with van der Waals surface area (Å²) in [6.45, 7) is 0. The second-order valence-electron chi connectivity index (χ2n) is 0.429. The Balaban J connectivity index is -0.0000000133. The molecule has 0 aromatic rings. The molecule has 0 fully saturated rings. The first-order chi connectivity index (χ1) is 2.00. The molecule has 0 aliphatic rings. The topological polar surface area (TPSA) is 126 Å². The summed E-state index contributed by atoms with van der Waals surface area (Å²) in [5.41, 5.74) is 0. The van der Waals surface area contributed by atoms with Gasteiger partial charge >= 0.3 is 59.7 Å². The second kappa shape index (κ2) is 13.2. The number of hydrogen-bond acceptors (Lipinski definition) is 0. The zero-order valence-electron chi connectivity index (χ0n) is 4.01. The fraction of sp³-hybridized carbons (Fsp3) is 0. The first-order valence-electron chi connectivity index (χ1n) is 0.756. The van der Waals surface area contributed by atoms with E-state index in [4.69, 9.17) is 0 Å². The van der Waals surface area contributed by atoms with Crippen molar-refractivity contribution in [3.63, 3.8) is 0 Å². The van der Waals surface area contributed by atoms with Crippen LogP contribution in [-0.2, 0) is 10.9 Å². The Hall–Kier alpha value is 2.64. The van der Waals surface area contributed by atoms with Gasteiger partial charge in [-0.2, -0.15) is 0 Å². The zero-order valence-corrected chi connectivity index (χ0v) is 12.8. The van der Waals surface area contributed by atoms with Crippen molar-refractivity contribution in [2.75, 3.05) is 0 Å². The van der Waals surface area contributed by atoms with Crippen LogP contribution in [0.4, 0.5) is 0 Å². The van der Waals surface area contributed by atoms with Gasteiger partial charge in [-0.25, -0.2) is 0 Å². The van der Waals surface area contributed by atoms with Gasteiger partial charge in [-0.1, -0.05) is 0 Å². The van der Waals surface area contributed by atoms with Crippen LogP contribution < -0.4 is 0 Å². The molecule has 9 heteroatoms. The Morgan fingerprint density at radius 1 is 0.556 bits per heavy atom. The molecule has 0 aliphatic heterocycles. The van der Waals surface area contributed by atoms with Gasteiger partial charge in [0, 0.05) is 0 Å². The van der Waals surface area contributed by atoms with Crippen molar-refractivity contribution in [3.8, 4) is 0 Å². The predicted octanol–water partition coefficient (Wildman–Crippen LogP) is 0.0811. The van der Waals surface area contributed by atoms with Crippen molar-refractivity contribution in [1.29, 1.82) is 0 Å². The van der Waals surface area contributed by atoms with Crippen LogP contribution in [-0.4, -0.2) is 21.9 Å². The van der Waals surface area contributed by atoms with Crippen LogP contribution in [0.25, 0.3) is 0 Å². The molecule has 0 saturated carbocycles. The Labute approximate surface area is 80.2 Å². The molecule has 9 heavy (non-hydrogen) atoms. The van der Waals surface area contributed by atoms with Crippen LogP contribution in [0.3, 0.4) is 0 Å². The molecule has 0 radical (unpaired) electrons. The van der Waals surface area contributed by atoms with Crippen molar-refractivity contribution in [2.45, 2.75) is 0 Å². The maximum atomic E-state index is 3.34. The summed E-state index contributed by atoms with van der Waals surface area (Å²) in [5, 5.41) is 0. The van der Waals surface area contributed by atoms with Crippen LogP contribution in [0, 0.1) is 0 Å². The summed E-state index contributed by atoms with van der Waals surface area (Å²) in [5.74, 6) is 0. The third-order valence-corrected chi connectivity index (χ3v) is 0. The van der Waals surface area contributed by atoms with E-state index in [9.17, 15) is 0 Å². The zero-order chi connectivity index (χ0) is 4.50. The summed E-state index contributed by atoms with van der Waals surface area (Å²) < 4.78 is 0. The van der Waals surface area contributed by atoms with Crippen molar-refractivity contribution >= 4 is 48.9 Å². The summed E-state index contributed by atoms with van der Waals surface area (Å²) in [6.07, 6.45) is 0. The third kappa shape index (κ3) is 114. The van der Waals surface area contributed by atoms with E-state index in [0.717, 1.165) is 0 Å². The summed E-state index contributed by atoms with van der Waals surface area (Å²) >= 11 is 13.3. The van der Waals surface area contributed by atoms with Gasteiger partial charge in [-0.05, 0) is 0 Å². The number of rotatable bonds is 0. The molecule has 64 valence electrons. The van der Waals surface area contributed by atoms with Gasteiger partial charge < -0.3 is 21.9 Å². The molecule has 0 saturated heterocycles. The number of halogens is 4. The van der Waals surface area contributed by atoms with Crippen molar-refractivity contribution in [1.82, 2.24) is 0 Å². The van der Waals surface area contributed by atoms with Crippen molar-refractivity contribution in [2.24, 2.45) is 0 Å². The third-order valence-electron chi connectivity index (χ3n) is 0. The average Bonchev–Trinajstić information content (AvgIpc) is 0.722. The molecule has 0 aromatic carbocycles. The minimum atomic E-state index is -1.93. The molecule has 4 nitrogen and oxygen atoms in total. The van der Waals surface area contributed by atoms with Crippen molar-refractivity contribution < 1.29 is 32.8 Å². The minimum absolute atomic E-state index is 0. The normalized spacial score (nSPS) is 6.67. The van der Waals surface area contributed by atoms with Gasteiger partial charge in [-0.3, -0.25) is 0 Å². The molecule has 0 rings (SSSR count). The van der Waals surface area contributed by atoms with Gasteiger partial charge in [0.05, 0.1) is 0 Å². The van der Waals surface area contributed by atoms with E-state index in [1.165, 1.54) is 0 Å². The van der Waals surface area contributed by atoms with E-state index in [-0.39, 0.29) is 21.9 Å². The molecule has 0 amide bonds. The van der Waals surface area contributed by atoms with Crippen LogP contribution in [0.2, 0.25) is 0 Å². The quantitative estimate of drug-likeness (QED) is 0.463. The van der Waals surface area contributed by atoms with Gasteiger partial charge in [-0.15, -0.1) is 0 Å². The fourth-order valence-corrected chi connectivity index (χ4v) is 0. The SMILES string of the molecule is O.O.O.O.[Br][Zr]([Br])([Br])[Br]. The standard InChI is InChI=1S/4BrH.4H2O.Zr/h4*1H;4*1H2;/q;;;;;;;;+4/p-4. The first-order valence-corrected chi connectivity index (χ1v) is 23.2. The van der Waals surface area contributed by atoms with E-state index in [1.807, 2.05) is 0 Å². The molecule has 0 unspecified atom stereocenters. The van der Waals surface area contributed by atoms with Gasteiger partial charge in [0.2, 0.25) is 0 Å². The number of hydrogen-bond donors (Lipinski definition) is 0. The van der Waals surface area contributed by atoms with E-state index >= 15 is 0 Å². The average molecular weight is 483 g/mol. The molecule has 0 aromatic heterocycles. The molecule has 0 spiro atoms. The van der Waals surface area contributed by atoms with Crippen LogP contribution in [0.5, 0.6) is 0 Å². The van der Waals surface area contributed by atoms with E-state index in [1.54, 1.807) is 0 Å². The van der Waals surface area contributed by atoms with Gasteiger partial charge in [0.25, 0.3) is 0 Å². The second-order valence-corrected chi connectivity index (χ2v) is 68.5. The molecular formula is H8Br4O4Zr. The van der Waals surface area contributed by atoms with Crippen LogP contribution in [0.1, 0.15) is 0 Å². The molecule has 0 atom stereocenters. The molecule has 0 heterocycles. The van der Waals surface area contributed by atoms with E-state index in [2.05, 4.69) is 48.9 Å². The first kappa shape index (κ1) is 29.9. The summed E-state index contributed by atoms with van der Waals surface area (Å²) in [7, 11) is -1.93. The Morgan fingerprint density at radius 3 is 0.556 bits per heavy atom. The summed E-state index contributed by atoms with van der Waals surface area (Å²) in [4.78, 5) is 0. The molecule has 8 N–H and O–H groups in total. The molecular weight excluding hydrogens is 475 g/mol. The van der Waals surface area contributed by atoms with E-state index in [0.29, 0.717) is 0 Å². The molecule has 0 aliphatic carbocycles. The van der Waals surface area contributed by atoms with Crippen LogP contribution in [0.15, 0.2) is 0 Å². The Kier molecular flexibility index (Phi) is 44.0. The van der Waals surface area contributed by atoms with Crippen molar-refractivity contribution in [3.05, 3.63) is 0 Å². The van der Waals surface area contributed by atoms with Gasteiger partial charge in [0.1, 0.15) is 0 Å².